The van der Waals surface area contributed by atoms with Crippen LogP contribution in [-0.2, 0) is 17.6 Å². The summed E-state index contributed by atoms with van der Waals surface area (Å²) in [6.07, 6.45) is 6.80. The van der Waals surface area contributed by atoms with E-state index in [-0.39, 0.29) is 11.8 Å². The maximum atomic E-state index is 12.5. The van der Waals surface area contributed by atoms with Crippen LogP contribution in [0.3, 0.4) is 0 Å². The van der Waals surface area contributed by atoms with Crippen LogP contribution in [0.1, 0.15) is 24.4 Å². The third-order valence-corrected chi connectivity index (χ3v) is 5.13. The third-order valence-electron chi connectivity index (χ3n) is 5.13. The van der Waals surface area contributed by atoms with E-state index in [4.69, 9.17) is 4.52 Å². The predicted octanol–water partition coefficient (Wildman–Crippen LogP) is 1.91. The van der Waals surface area contributed by atoms with Crippen LogP contribution in [-0.4, -0.2) is 55.2 Å². The number of β-amino-alcohol motifs (C(OH)–C–C–N with tert-alkyl or cyclic N) is 1. The summed E-state index contributed by atoms with van der Waals surface area (Å²) in [7, 11) is 0. The molecule has 1 fully saturated rings. The van der Waals surface area contributed by atoms with Crippen LogP contribution in [0, 0.1) is 5.92 Å². The standard InChI is InChI=1S/C21H23N5O3/c27-18-14-26(13-16(18)11-17-6-1-2-10-23-17)20(28)8-3-7-19-24-21(25-29-19)15-5-4-9-22-12-15/h1-2,4-6,9-10,12,16,18,27H,3,7-8,11,13-14H2/t16-,18-/m1/s1. The molecule has 1 amide bonds. The molecule has 0 spiro atoms. The smallest absolute Gasteiger partial charge is 0.226 e. The fourth-order valence-electron chi connectivity index (χ4n) is 3.56. The molecule has 8 nitrogen and oxygen atoms in total. The molecule has 0 unspecified atom stereocenters. The molecule has 2 atom stereocenters. The van der Waals surface area contributed by atoms with Crippen LogP contribution < -0.4 is 0 Å². The number of amides is 1. The Hall–Kier alpha value is -3.13. The summed E-state index contributed by atoms with van der Waals surface area (Å²) < 4.78 is 5.27. The molecular formula is C21H23N5O3. The molecule has 1 N–H and O–H groups in total. The number of pyridine rings is 2. The van der Waals surface area contributed by atoms with Gasteiger partial charge in [0.25, 0.3) is 0 Å². The van der Waals surface area contributed by atoms with Gasteiger partial charge in [0.1, 0.15) is 0 Å². The molecule has 29 heavy (non-hydrogen) atoms. The Morgan fingerprint density at radius 3 is 2.93 bits per heavy atom. The fourth-order valence-corrected chi connectivity index (χ4v) is 3.56. The first-order valence-electron chi connectivity index (χ1n) is 9.78. The number of rotatable bonds is 7. The van der Waals surface area contributed by atoms with Crippen LogP contribution >= 0.6 is 0 Å². The largest absolute Gasteiger partial charge is 0.391 e. The Balaban J connectivity index is 1.24. The lowest BCUT2D eigenvalue weighted by atomic mass is 10.00. The number of aliphatic hydroxyl groups is 1. The van der Waals surface area contributed by atoms with Gasteiger partial charge in [-0.2, -0.15) is 4.98 Å². The first kappa shape index (κ1) is 19.2. The summed E-state index contributed by atoms with van der Waals surface area (Å²) in [6, 6.07) is 9.43. The number of hydrogen-bond acceptors (Lipinski definition) is 7. The van der Waals surface area contributed by atoms with E-state index in [2.05, 4.69) is 20.1 Å². The topological polar surface area (TPSA) is 105 Å². The number of carbonyl (C=O) groups excluding carboxylic acids is 1. The molecule has 1 aliphatic rings. The summed E-state index contributed by atoms with van der Waals surface area (Å²) in [5, 5.41) is 14.3. The number of aryl methyl sites for hydroxylation is 1. The molecule has 0 aliphatic carbocycles. The number of likely N-dealkylation sites (tertiary alicyclic amines) is 1. The van der Waals surface area contributed by atoms with E-state index in [9.17, 15) is 9.90 Å². The van der Waals surface area contributed by atoms with Gasteiger partial charge in [-0.25, -0.2) is 0 Å². The maximum absolute atomic E-state index is 12.5. The van der Waals surface area contributed by atoms with Crippen LogP contribution in [0.5, 0.6) is 0 Å². The summed E-state index contributed by atoms with van der Waals surface area (Å²) in [4.78, 5) is 27.0. The number of aromatic nitrogens is 4. The van der Waals surface area contributed by atoms with Crippen LogP contribution in [0.2, 0.25) is 0 Å². The van der Waals surface area contributed by atoms with E-state index in [1.54, 1.807) is 23.5 Å². The van der Waals surface area contributed by atoms with Gasteiger partial charge in [-0.3, -0.25) is 14.8 Å². The Bertz CT molecular complexity index is 932. The number of nitrogens with zero attached hydrogens (tertiary/aromatic N) is 5. The first-order valence-corrected chi connectivity index (χ1v) is 9.78. The SMILES string of the molecule is O=C(CCCc1nc(-c2cccnc2)no1)N1C[C@@H](Cc2ccccn2)[C@H](O)C1. The quantitative estimate of drug-likeness (QED) is 0.654. The molecule has 3 aromatic rings. The van der Waals surface area contributed by atoms with Crippen molar-refractivity contribution < 1.29 is 14.4 Å². The van der Waals surface area contributed by atoms with E-state index in [1.807, 2.05) is 30.3 Å². The zero-order valence-corrected chi connectivity index (χ0v) is 16.0. The Morgan fingerprint density at radius 2 is 2.14 bits per heavy atom. The highest BCUT2D eigenvalue weighted by molar-refractivity contribution is 5.76. The molecule has 0 radical (unpaired) electrons. The van der Waals surface area contributed by atoms with Crippen molar-refractivity contribution in [2.45, 2.75) is 31.8 Å². The molecule has 0 saturated carbocycles. The Morgan fingerprint density at radius 1 is 1.21 bits per heavy atom. The summed E-state index contributed by atoms with van der Waals surface area (Å²) in [5.41, 5.74) is 1.73. The number of aliphatic hydroxyl groups excluding tert-OH is 1. The molecule has 4 rings (SSSR count). The van der Waals surface area contributed by atoms with Crippen molar-refractivity contribution in [3.63, 3.8) is 0 Å². The van der Waals surface area contributed by atoms with Crippen molar-refractivity contribution in [2.24, 2.45) is 5.92 Å². The lowest BCUT2D eigenvalue weighted by Crippen LogP contribution is -2.29. The molecule has 1 aliphatic heterocycles. The van der Waals surface area contributed by atoms with Gasteiger partial charge >= 0.3 is 0 Å². The Labute approximate surface area is 168 Å². The Kier molecular flexibility index (Phi) is 5.90. The van der Waals surface area contributed by atoms with Gasteiger partial charge in [0, 0.05) is 61.7 Å². The fraction of sp³-hybridized carbons (Fsp3) is 0.381. The summed E-state index contributed by atoms with van der Waals surface area (Å²) >= 11 is 0. The number of carbonyl (C=O) groups is 1. The van der Waals surface area contributed by atoms with Crippen molar-refractivity contribution >= 4 is 5.91 Å². The second kappa shape index (κ2) is 8.91. The van der Waals surface area contributed by atoms with Crippen molar-refractivity contribution in [1.29, 1.82) is 0 Å². The van der Waals surface area contributed by atoms with Crippen molar-refractivity contribution in [3.8, 4) is 11.4 Å². The zero-order chi connectivity index (χ0) is 20.1. The van der Waals surface area contributed by atoms with E-state index in [1.165, 1.54) is 0 Å². The van der Waals surface area contributed by atoms with Crippen LogP contribution in [0.15, 0.2) is 53.4 Å². The van der Waals surface area contributed by atoms with Crippen molar-refractivity contribution in [2.75, 3.05) is 13.1 Å². The lowest BCUT2D eigenvalue weighted by molar-refractivity contribution is -0.130. The molecular weight excluding hydrogens is 370 g/mol. The molecule has 8 heteroatoms. The van der Waals surface area contributed by atoms with Gasteiger partial charge in [-0.05, 0) is 37.1 Å². The van der Waals surface area contributed by atoms with E-state index in [0.29, 0.717) is 50.5 Å². The van der Waals surface area contributed by atoms with E-state index < -0.39 is 6.10 Å². The highest BCUT2D eigenvalue weighted by atomic mass is 16.5. The maximum Gasteiger partial charge on any atom is 0.226 e. The first-order chi connectivity index (χ1) is 14.2. The van der Waals surface area contributed by atoms with Gasteiger partial charge < -0.3 is 14.5 Å². The molecule has 0 aromatic carbocycles. The summed E-state index contributed by atoms with van der Waals surface area (Å²) in [6.45, 7) is 0.935. The third kappa shape index (κ3) is 4.83. The molecule has 150 valence electrons. The minimum absolute atomic E-state index is 0.0202. The second-order valence-corrected chi connectivity index (χ2v) is 7.26. The highest BCUT2D eigenvalue weighted by Gasteiger charge is 2.33. The zero-order valence-electron chi connectivity index (χ0n) is 16.0. The summed E-state index contributed by atoms with van der Waals surface area (Å²) in [5.74, 6) is 1.07. The molecule has 4 heterocycles. The highest BCUT2D eigenvalue weighted by Crippen LogP contribution is 2.22. The van der Waals surface area contributed by atoms with Gasteiger partial charge in [-0.15, -0.1) is 0 Å². The van der Waals surface area contributed by atoms with Crippen molar-refractivity contribution in [3.05, 3.63) is 60.5 Å². The van der Waals surface area contributed by atoms with Gasteiger partial charge in [0.15, 0.2) is 0 Å². The predicted molar refractivity (Wildman–Crippen MR) is 104 cm³/mol. The van der Waals surface area contributed by atoms with Gasteiger partial charge in [-0.1, -0.05) is 11.2 Å². The minimum atomic E-state index is -0.515. The van der Waals surface area contributed by atoms with Crippen LogP contribution in [0.4, 0.5) is 0 Å². The molecule has 3 aromatic heterocycles. The normalized spacial score (nSPS) is 18.9. The van der Waals surface area contributed by atoms with Crippen LogP contribution in [0.25, 0.3) is 11.4 Å². The average Bonchev–Trinajstić information content (AvgIpc) is 3.37. The van der Waals surface area contributed by atoms with Crippen molar-refractivity contribution in [1.82, 2.24) is 25.0 Å². The average molecular weight is 393 g/mol. The van der Waals surface area contributed by atoms with Gasteiger partial charge in [0.05, 0.1) is 6.10 Å². The van der Waals surface area contributed by atoms with Gasteiger partial charge in [0.2, 0.25) is 17.6 Å². The minimum Gasteiger partial charge on any atom is -0.391 e. The van der Waals surface area contributed by atoms with E-state index in [0.717, 1.165) is 11.3 Å². The number of hydrogen-bond donors (Lipinski definition) is 1. The monoisotopic (exact) mass is 393 g/mol. The molecule has 1 saturated heterocycles. The second-order valence-electron chi connectivity index (χ2n) is 7.26. The molecule has 0 bridgehead atoms. The lowest BCUT2D eigenvalue weighted by Gasteiger charge is -2.15. The van der Waals surface area contributed by atoms with E-state index >= 15 is 0 Å².